The Morgan fingerprint density at radius 1 is 1.06 bits per heavy atom. The van der Waals surface area contributed by atoms with Crippen molar-refractivity contribution in [1.29, 1.82) is 0 Å². The lowest BCUT2D eigenvalue weighted by Crippen LogP contribution is -2.44. The molecule has 1 aliphatic heterocycles. The Hall–Kier alpha value is -2.75. The number of aromatic nitrogens is 1. The monoisotopic (exact) mass is 448 g/mol. The van der Waals surface area contributed by atoms with Crippen LogP contribution in [0.25, 0.3) is 0 Å². The summed E-state index contributed by atoms with van der Waals surface area (Å²) in [5.74, 6) is -1.38. The van der Waals surface area contributed by atoms with Crippen LogP contribution in [0.3, 0.4) is 0 Å². The van der Waals surface area contributed by atoms with E-state index in [0.717, 1.165) is 18.2 Å². The highest BCUT2D eigenvalue weighted by atomic mass is 32.2. The van der Waals surface area contributed by atoms with Crippen molar-refractivity contribution in [1.82, 2.24) is 8.87 Å². The van der Waals surface area contributed by atoms with E-state index in [-0.39, 0.29) is 23.4 Å². The molecule has 1 unspecified atom stereocenters. The van der Waals surface area contributed by atoms with Gasteiger partial charge in [0.25, 0.3) is 10.0 Å². The summed E-state index contributed by atoms with van der Waals surface area (Å²) in [7, 11) is -3.69. The SMILES string of the molecule is O=S(=O)(c1ccccc1)n1cccc1CN1CCOC(COc2cc(F)ccc2F)C1. The minimum absolute atomic E-state index is 0.0558. The standard InChI is InChI=1S/C22H22F2N2O4S/c23-17-8-9-21(24)22(13-17)30-16-19-15-25(11-12-29-19)14-18-5-4-10-26(18)31(27,28)20-6-2-1-3-7-20/h1-10,13,19H,11-12,14-16H2. The second-order valence-electron chi connectivity index (χ2n) is 7.23. The molecule has 0 bridgehead atoms. The lowest BCUT2D eigenvalue weighted by atomic mass is 10.2. The van der Waals surface area contributed by atoms with Gasteiger partial charge in [-0.2, -0.15) is 0 Å². The average molecular weight is 448 g/mol. The lowest BCUT2D eigenvalue weighted by Gasteiger charge is -2.32. The third-order valence-electron chi connectivity index (χ3n) is 5.02. The first kappa shape index (κ1) is 21.5. The Balaban J connectivity index is 1.42. The van der Waals surface area contributed by atoms with Crippen LogP contribution in [0.4, 0.5) is 8.78 Å². The van der Waals surface area contributed by atoms with Gasteiger partial charge in [-0.1, -0.05) is 18.2 Å². The maximum Gasteiger partial charge on any atom is 0.267 e. The minimum Gasteiger partial charge on any atom is -0.488 e. The van der Waals surface area contributed by atoms with Crippen LogP contribution in [0.5, 0.6) is 5.75 Å². The van der Waals surface area contributed by atoms with Crippen molar-refractivity contribution in [2.75, 3.05) is 26.3 Å². The van der Waals surface area contributed by atoms with Crippen molar-refractivity contribution in [2.45, 2.75) is 17.5 Å². The zero-order valence-corrected chi connectivity index (χ0v) is 17.5. The van der Waals surface area contributed by atoms with E-state index in [0.29, 0.717) is 31.9 Å². The van der Waals surface area contributed by atoms with Crippen molar-refractivity contribution in [3.8, 4) is 5.75 Å². The van der Waals surface area contributed by atoms with E-state index in [1.54, 1.807) is 42.5 Å². The molecule has 31 heavy (non-hydrogen) atoms. The fourth-order valence-electron chi connectivity index (χ4n) is 3.49. The molecule has 0 amide bonds. The quantitative estimate of drug-likeness (QED) is 0.555. The Morgan fingerprint density at radius 3 is 2.68 bits per heavy atom. The van der Waals surface area contributed by atoms with Crippen LogP contribution >= 0.6 is 0 Å². The molecule has 2 aromatic carbocycles. The van der Waals surface area contributed by atoms with E-state index in [1.165, 1.54) is 10.2 Å². The molecule has 1 aliphatic rings. The first-order chi connectivity index (χ1) is 14.9. The van der Waals surface area contributed by atoms with Crippen LogP contribution in [0.1, 0.15) is 5.69 Å². The normalized spacial score (nSPS) is 17.5. The number of hydrogen-bond acceptors (Lipinski definition) is 5. The number of morpholine rings is 1. The van der Waals surface area contributed by atoms with E-state index in [2.05, 4.69) is 0 Å². The summed E-state index contributed by atoms with van der Waals surface area (Å²) in [6, 6.07) is 14.8. The van der Waals surface area contributed by atoms with E-state index >= 15 is 0 Å². The summed E-state index contributed by atoms with van der Waals surface area (Å²) in [4.78, 5) is 2.27. The van der Waals surface area contributed by atoms with Crippen LogP contribution in [-0.2, 0) is 21.3 Å². The van der Waals surface area contributed by atoms with Gasteiger partial charge < -0.3 is 9.47 Å². The van der Waals surface area contributed by atoms with E-state index in [4.69, 9.17) is 9.47 Å². The third-order valence-corrected chi connectivity index (χ3v) is 6.76. The number of ether oxygens (including phenoxy) is 2. The molecule has 1 fully saturated rings. The summed E-state index contributed by atoms with van der Waals surface area (Å²) in [6.07, 6.45) is 1.18. The van der Waals surface area contributed by atoms with Gasteiger partial charge in [-0.25, -0.2) is 21.2 Å². The first-order valence-electron chi connectivity index (χ1n) is 9.82. The average Bonchev–Trinajstić information content (AvgIpc) is 3.24. The largest absolute Gasteiger partial charge is 0.488 e. The Bertz CT molecular complexity index is 1140. The van der Waals surface area contributed by atoms with Crippen molar-refractivity contribution in [2.24, 2.45) is 0 Å². The Morgan fingerprint density at radius 2 is 1.87 bits per heavy atom. The molecule has 0 aliphatic carbocycles. The first-order valence-corrected chi connectivity index (χ1v) is 11.3. The second-order valence-corrected chi connectivity index (χ2v) is 9.04. The van der Waals surface area contributed by atoms with Crippen LogP contribution in [0.2, 0.25) is 0 Å². The van der Waals surface area contributed by atoms with Crippen molar-refractivity contribution in [3.63, 3.8) is 0 Å². The zero-order valence-electron chi connectivity index (χ0n) is 16.7. The van der Waals surface area contributed by atoms with Crippen LogP contribution in [0.15, 0.2) is 71.8 Å². The van der Waals surface area contributed by atoms with Gasteiger partial charge in [0.2, 0.25) is 0 Å². The number of halogens is 2. The Labute approximate surface area is 179 Å². The molecule has 1 aromatic heterocycles. The fraction of sp³-hybridized carbons (Fsp3) is 0.273. The molecule has 0 saturated carbocycles. The topological polar surface area (TPSA) is 60.8 Å². The molecule has 2 heterocycles. The minimum atomic E-state index is -3.69. The van der Waals surface area contributed by atoms with Crippen molar-refractivity contribution in [3.05, 3.63) is 84.2 Å². The summed E-state index contributed by atoms with van der Waals surface area (Å²) < 4.78 is 65.4. The van der Waals surface area contributed by atoms with E-state index in [9.17, 15) is 17.2 Å². The molecule has 0 spiro atoms. The van der Waals surface area contributed by atoms with Gasteiger partial charge in [0.05, 0.1) is 11.5 Å². The molecule has 164 valence electrons. The second kappa shape index (κ2) is 9.17. The fourth-order valence-corrected chi connectivity index (χ4v) is 4.87. The van der Waals surface area contributed by atoms with Gasteiger partial charge >= 0.3 is 0 Å². The summed E-state index contributed by atoms with van der Waals surface area (Å²) in [6.45, 7) is 1.95. The molecule has 1 saturated heterocycles. The number of benzene rings is 2. The summed E-state index contributed by atoms with van der Waals surface area (Å²) in [5, 5.41) is 0. The molecular weight excluding hydrogens is 426 g/mol. The lowest BCUT2D eigenvalue weighted by molar-refractivity contribution is -0.0512. The van der Waals surface area contributed by atoms with Crippen molar-refractivity contribution >= 4 is 10.0 Å². The van der Waals surface area contributed by atoms with E-state index in [1.807, 2.05) is 4.90 Å². The van der Waals surface area contributed by atoms with Gasteiger partial charge in [0.1, 0.15) is 18.5 Å². The van der Waals surface area contributed by atoms with Crippen LogP contribution in [-0.4, -0.2) is 49.7 Å². The van der Waals surface area contributed by atoms with Gasteiger partial charge in [0.15, 0.2) is 11.6 Å². The van der Waals surface area contributed by atoms with E-state index < -0.39 is 21.7 Å². The maximum atomic E-state index is 13.7. The van der Waals surface area contributed by atoms with Gasteiger partial charge in [0, 0.05) is 37.6 Å². The number of hydrogen-bond donors (Lipinski definition) is 0. The molecule has 0 radical (unpaired) electrons. The highest BCUT2D eigenvalue weighted by Crippen LogP contribution is 2.21. The zero-order chi connectivity index (χ0) is 21.8. The number of rotatable bonds is 7. The van der Waals surface area contributed by atoms with Crippen LogP contribution in [0, 0.1) is 11.6 Å². The third kappa shape index (κ3) is 4.95. The molecular formula is C22H22F2N2O4S. The molecule has 1 atom stereocenters. The molecule has 9 heteroatoms. The van der Waals surface area contributed by atoms with Gasteiger partial charge in [-0.3, -0.25) is 4.90 Å². The molecule has 0 N–H and O–H groups in total. The van der Waals surface area contributed by atoms with Crippen molar-refractivity contribution < 1.29 is 26.7 Å². The molecule has 3 aromatic rings. The van der Waals surface area contributed by atoms with Gasteiger partial charge in [-0.15, -0.1) is 0 Å². The van der Waals surface area contributed by atoms with Crippen LogP contribution < -0.4 is 4.74 Å². The Kier molecular flexibility index (Phi) is 6.35. The highest BCUT2D eigenvalue weighted by molar-refractivity contribution is 7.90. The summed E-state index contributed by atoms with van der Waals surface area (Å²) >= 11 is 0. The molecule has 4 rings (SSSR count). The summed E-state index contributed by atoms with van der Waals surface area (Å²) in [5.41, 5.74) is 0.626. The predicted octanol–water partition coefficient (Wildman–Crippen LogP) is 3.28. The predicted molar refractivity (Wildman–Crippen MR) is 110 cm³/mol. The maximum absolute atomic E-state index is 13.7. The highest BCUT2D eigenvalue weighted by Gasteiger charge is 2.25. The molecule has 6 nitrogen and oxygen atoms in total. The van der Waals surface area contributed by atoms with Gasteiger partial charge in [-0.05, 0) is 36.4 Å². The smallest absolute Gasteiger partial charge is 0.267 e. The number of nitrogens with zero attached hydrogens (tertiary/aromatic N) is 2.